The summed E-state index contributed by atoms with van der Waals surface area (Å²) in [5.74, 6) is -0.325. The molecule has 1 heterocycles. The topological polar surface area (TPSA) is 58.2 Å². The number of benzene rings is 1. The van der Waals surface area contributed by atoms with Crippen LogP contribution in [0.15, 0.2) is 47.8 Å². The number of hydrogen-bond acceptors (Lipinski definition) is 3. The molecule has 2 amide bonds. The molecule has 0 bridgehead atoms. The number of rotatable bonds is 9. The van der Waals surface area contributed by atoms with E-state index in [1.807, 2.05) is 41.8 Å². The Kier molecular flexibility index (Phi) is 7.49. The van der Waals surface area contributed by atoms with Crippen molar-refractivity contribution in [2.75, 3.05) is 6.54 Å². The van der Waals surface area contributed by atoms with Gasteiger partial charge in [-0.15, -0.1) is 11.3 Å². The first-order chi connectivity index (χ1) is 11.7. The van der Waals surface area contributed by atoms with Gasteiger partial charge in [0.1, 0.15) is 6.04 Å². The van der Waals surface area contributed by atoms with Crippen LogP contribution in [-0.2, 0) is 11.2 Å². The quantitative estimate of drug-likeness (QED) is 0.685. The summed E-state index contributed by atoms with van der Waals surface area (Å²) in [5, 5.41) is 7.66. The van der Waals surface area contributed by atoms with E-state index in [1.54, 1.807) is 6.07 Å². The molecule has 2 aromatic rings. The molecular weight excluding hydrogens is 320 g/mol. The number of hydrogen-bond donors (Lipinski definition) is 2. The monoisotopic (exact) mass is 344 g/mol. The van der Waals surface area contributed by atoms with Crippen LogP contribution in [0.25, 0.3) is 0 Å². The van der Waals surface area contributed by atoms with E-state index in [2.05, 4.69) is 17.6 Å². The zero-order valence-electron chi connectivity index (χ0n) is 14.0. The molecule has 0 spiro atoms. The Morgan fingerprint density at radius 2 is 1.88 bits per heavy atom. The second kappa shape index (κ2) is 9.88. The molecular formula is C19H24N2O2S. The molecule has 0 aliphatic heterocycles. The Labute approximate surface area is 147 Å². The van der Waals surface area contributed by atoms with Crippen LogP contribution in [0.5, 0.6) is 0 Å². The van der Waals surface area contributed by atoms with Crippen LogP contribution >= 0.6 is 11.3 Å². The van der Waals surface area contributed by atoms with Crippen molar-refractivity contribution in [1.29, 1.82) is 0 Å². The zero-order valence-corrected chi connectivity index (χ0v) is 14.8. The molecule has 0 aliphatic carbocycles. The maximum Gasteiger partial charge on any atom is 0.262 e. The Morgan fingerprint density at radius 1 is 1.08 bits per heavy atom. The fraction of sp³-hybridized carbons (Fsp3) is 0.368. The third kappa shape index (κ3) is 5.81. The molecule has 2 N–H and O–H groups in total. The number of carbonyl (C=O) groups excluding carboxylic acids is 2. The second-order valence-electron chi connectivity index (χ2n) is 5.69. The lowest BCUT2D eigenvalue weighted by atomic mass is 10.0. The molecule has 0 aliphatic rings. The molecule has 4 nitrogen and oxygen atoms in total. The van der Waals surface area contributed by atoms with E-state index in [0.717, 1.165) is 24.8 Å². The number of nitrogens with one attached hydrogen (secondary N) is 2. The Hall–Kier alpha value is -2.14. The summed E-state index contributed by atoms with van der Waals surface area (Å²) in [5.41, 5.74) is 1.03. The lowest BCUT2D eigenvalue weighted by Crippen LogP contribution is -2.48. The maximum atomic E-state index is 12.5. The van der Waals surface area contributed by atoms with Gasteiger partial charge in [0.25, 0.3) is 5.91 Å². The summed E-state index contributed by atoms with van der Waals surface area (Å²) < 4.78 is 0. The summed E-state index contributed by atoms with van der Waals surface area (Å²) in [6, 6.07) is 12.8. The van der Waals surface area contributed by atoms with Crippen LogP contribution < -0.4 is 10.6 Å². The molecule has 0 saturated carbocycles. The standard InChI is InChI=1S/C19H24N2O2S/c1-2-3-7-12-20-18(22)16(14-15-9-5-4-6-10-15)21-19(23)17-11-8-13-24-17/h4-6,8-11,13,16H,2-3,7,12,14H2,1H3,(H,20,22)(H,21,23)/t16-/m0/s1. The van der Waals surface area contributed by atoms with E-state index in [-0.39, 0.29) is 11.8 Å². The van der Waals surface area contributed by atoms with Crippen LogP contribution in [-0.4, -0.2) is 24.4 Å². The summed E-state index contributed by atoms with van der Waals surface area (Å²) >= 11 is 1.37. The van der Waals surface area contributed by atoms with E-state index in [1.165, 1.54) is 11.3 Å². The molecule has 5 heteroatoms. The van der Waals surface area contributed by atoms with E-state index >= 15 is 0 Å². The molecule has 1 aromatic carbocycles. The SMILES string of the molecule is CCCCCNC(=O)[C@H](Cc1ccccc1)NC(=O)c1cccs1. The van der Waals surface area contributed by atoms with E-state index in [4.69, 9.17) is 0 Å². The minimum Gasteiger partial charge on any atom is -0.354 e. The summed E-state index contributed by atoms with van der Waals surface area (Å²) in [4.78, 5) is 25.4. The Bertz CT molecular complexity index is 626. The number of carbonyl (C=O) groups is 2. The molecule has 24 heavy (non-hydrogen) atoms. The van der Waals surface area contributed by atoms with Gasteiger partial charge in [-0.25, -0.2) is 0 Å². The predicted molar refractivity (Wildman–Crippen MR) is 98.3 cm³/mol. The van der Waals surface area contributed by atoms with Crippen LogP contribution in [0.2, 0.25) is 0 Å². The fourth-order valence-corrected chi connectivity index (χ4v) is 3.03. The smallest absolute Gasteiger partial charge is 0.262 e. The van der Waals surface area contributed by atoms with Crippen molar-refractivity contribution < 1.29 is 9.59 Å². The molecule has 2 rings (SSSR count). The minimum absolute atomic E-state index is 0.125. The van der Waals surface area contributed by atoms with Gasteiger partial charge in [-0.05, 0) is 23.4 Å². The second-order valence-corrected chi connectivity index (χ2v) is 6.64. The molecule has 0 saturated heterocycles. The van der Waals surface area contributed by atoms with E-state index < -0.39 is 6.04 Å². The molecule has 1 aromatic heterocycles. The van der Waals surface area contributed by atoms with Gasteiger partial charge in [0.15, 0.2) is 0 Å². The van der Waals surface area contributed by atoms with Crippen molar-refractivity contribution in [1.82, 2.24) is 10.6 Å². The third-order valence-electron chi connectivity index (χ3n) is 3.73. The molecule has 0 unspecified atom stereocenters. The van der Waals surface area contributed by atoms with Crippen molar-refractivity contribution in [3.05, 3.63) is 58.3 Å². The first kappa shape index (κ1) is 18.2. The van der Waals surface area contributed by atoms with Crippen LogP contribution in [0.3, 0.4) is 0 Å². The predicted octanol–water partition coefficient (Wildman–Crippen LogP) is 3.40. The summed E-state index contributed by atoms with van der Waals surface area (Å²) in [7, 11) is 0. The van der Waals surface area contributed by atoms with Gasteiger partial charge in [-0.2, -0.15) is 0 Å². The largest absolute Gasteiger partial charge is 0.354 e. The van der Waals surface area contributed by atoms with Crippen LogP contribution in [0.4, 0.5) is 0 Å². The Morgan fingerprint density at radius 3 is 2.54 bits per heavy atom. The van der Waals surface area contributed by atoms with Crippen molar-refractivity contribution in [2.24, 2.45) is 0 Å². The van der Waals surface area contributed by atoms with Gasteiger partial charge in [0.05, 0.1) is 4.88 Å². The maximum absolute atomic E-state index is 12.5. The molecule has 0 fully saturated rings. The highest BCUT2D eigenvalue weighted by Crippen LogP contribution is 2.10. The molecule has 1 atom stereocenters. The van der Waals surface area contributed by atoms with Crippen molar-refractivity contribution in [3.8, 4) is 0 Å². The van der Waals surface area contributed by atoms with Crippen molar-refractivity contribution in [3.63, 3.8) is 0 Å². The number of thiophene rings is 1. The first-order valence-corrected chi connectivity index (χ1v) is 9.24. The number of unbranched alkanes of at least 4 members (excludes halogenated alkanes) is 2. The summed E-state index contributed by atoms with van der Waals surface area (Å²) in [6.07, 6.45) is 3.64. The van der Waals surface area contributed by atoms with Crippen LogP contribution in [0, 0.1) is 0 Å². The third-order valence-corrected chi connectivity index (χ3v) is 4.60. The lowest BCUT2D eigenvalue weighted by molar-refractivity contribution is -0.122. The van der Waals surface area contributed by atoms with Crippen molar-refractivity contribution in [2.45, 2.75) is 38.6 Å². The van der Waals surface area contributed by atoms with E-state index in [9.17, 15) is 9.59 Å². The average molecular weight is 344 g/mol. The normalized spacial score (nSPS) is 11.7. The average Bonchev–Trinajstić information content (AvgIpc) is 3.13. The number of amides is 2. The van der Waals surface area contributed by atoms with Gasteiger partial charge in [-0.3, -0.25) is 9.59 Å². The minimum atomic E-state index is -0.566. The first-order valence-electron chi connectivity index (χ1n) is 8.36. The highest BCUT2D eigenvalue weighted by molar-refractivity contribution is 7.12. The highest BCUT2D eigenvalue weighted by Gasteiger charge is 2.21. The van der Waals surface area contributed by atoms with Crippen molar-refractivity contribution >= 4 is 23.2 Å². The molecule has 0 radical (unpaired) electrons. The summed E-state index contributed by atoms with van der Waals surface area (Å²) in [6.45, 7) is 2.77. The highest BCUT2D eigenvalue weighted by atomic mass is 32.1. The van der Waals surface area contributed by atoms with Gasteiger partial charge in [0.2, 0.25) is 5.91 Å². The lowest BCUT2D eigenvalue weighted by Gasteiger charge is -2.18. The van der Waals surface area contributed by atoms with Gasteiger partial charge in [0, 0.05) is 13.0 Å². The zero-order chi connectivity index (χ0) is 17.2. The van der Waals surface area contributed by atoms with Crippen LogP contribution in [0.1, 0.15) is 41.4 Å². The molecule has 128 valence electrons. The Balaban J connectivity index is 2.00. The van der Waals surface area contributed by atoms with Gasteiger partial charge >= 0.3 is 0 Å². The van der Waals surface area contributed by atoms with E-state index in [0.29, 0.717) is 17.8 Å². The van der Waals surface area contributed by atoms with Gasteiger partial charge in [-0.1, -0.05) is 56.2 Å². The van der Waals surface area contributed by atoms with Gasteiger partial charge < -0.3 is 10.6 Å². The fourth-order valence-electron chi connectivity index (χ4n) is 2.41.